The van der Waals surface area contributed by atoms with Gasteiger partial charge in [-0.15, -0.1) is 0 Å². The molecule has 0 bridgehead atoms. The predicted molar refractivity (Wildman–Crippen MR) is 140 cm³/mol. The number of nitrogens with zero attached hydrogens (tertiary/aromatic N) is 2. The third-order valence-corrected chi connectivity index (χ3v) is 7.55. The smallest absolute Gasteiger partial charge is 0.283 e. The maximum Gasteiger partial charge on any atom is 0.283 e. The van der Waals surface area contributed by atoms with Crippen LogP contribution < -0.4 is 10.2 Å². The Kier molecular flexibility index (Phi) is 6.22. The highest BCUT2D eigenvalue weighted by Gasteiger charge is 2.24. The van der Waals surface area contributed by atoms with Crippen molar-refractivity contribution in [1.82, 2.24) is 14.5 Å². The molecule has 0 saturated carbocycles. The average Bonchev–Trinajstić information content (AvgIpc) is 3.31. The second-order valence-corrected chi connectivity index (χ2v) is 10.3. The first-order valence-electron chi connectivity index (χ1n) is 11.5. The Balaban J connectivity index is 1.61. The van der Waals surface area contributed by atoms with Crippen LogP contribution in [0.15, 0.2) is 99.2 Å². The van der Waals surface area contributed by atoms with Gasteiger partial charge in [-0.05, 0) is 60.9 Å². The summed E-state index contributed by atoms with van der Waals surface area (Å²) >= 11 is 0. The second-order valence-electron chi connectivity index (χ2n) is 8.67. The Morgan fingerprint density at radius 2 is 1.62 bits per heavy atom. The Hall–Kier alpha value is -4.50. The molecule has 0 aliphatic carbocycles. The maximum absolute atomic E-state index is 13.3. The Morgan fingerprint density at radius 1 is 0.946 bits per heavy atom. The van der Waals surface area contributed by atoms with Crippen molar-refractivity contribution >= 4 is 26.9 Å². The molecule has 0 spiro atoms. The number of aromatic nitrogens is 2. The van der Waals surface area contributed by atoms with Crippen LogP contribution >= 0.6 is 0 Å². The largest absolute Gasteiger partial charge is 0.463 e. The summed E-state index contributed by atoms with van der Waals surface area (Å²) in [6.07, 6.45) is 1.30. The van der Waals surface area contributed by atoms with Crippen LogP contribution in [0, 0.1) is 13.8 Å². The second kappa shape index (κ2) is 9.51. The number of carbonyl (C=O) groups excluding carboxylic acids is 1. The number of carbonyl (C=O) groups is 1. The number of aryl methyl sites for hydroxylation is 2. The molecule has 0 radical (unpaired) electrons. The summed E-state index contributed by atoms with van der Waals surface area (Å²) < 4.78 is 34.9. The van der Waals surface area contributed by atoms with Gasteiger partial charge in [-0.25, -0.2) is 13.1 Å². The van der Waals surface area contributed by atoms with Crippen LogP contribution in [0.25, 0.3) is 22.2 Å². The fourth-order valence-corrected chi connectivity index (χ4v) is 5.17. The summed E-state index contributed by atoms with van der Waals surface area (Å²) in [6, 6.07) is 21.7. The van der Waals surface area contributed by atoms with Crippen LogP contribution in [0.1, 0.15) is 27.2 Å². The van der Waals surface area contributed by atoms with Crippen LogP contribution in [0.5, 0.6) is 0 Å². The molecule has 37 heavy (non-hydrogen) atoms. The first-order chi connectivity index (χ1) is 17.7. The summed E-state index contributed by atoms with van der Waals surface area (Å²) in [5.41, 5.74) is 3.40. The summed E-state index contributed by atoms with van der Waals surface area (Å²) in [4.78, 5) is 26.5. The van der Waals surface area contributed by atoms with Crippen molar-refractivity contribution in [1.29, 1.82) is 0 Å². The van der Waals surface area contributed by atoms with Gasteiger partial charge in [0.15, 0.2) is 0 Å². The van der Waals surface area contributed by atoms with Gasteiger partial charge in [0.2, 0.25) is 5.43 Å². The van der Waals surface area contributed by atoms with Crippen molar-refractivity contribution in [3.63, 3.8) is 0 Å². The van der Waals surface area contributed by atoms with Crippen molar-refractivity contribution in [3.05, 3.63) is 118 Å². The molecule has 0 aliphatic heterocycles. The number of para-hydroxylation sites is 1. The zero-order valence-electron chi connectivity index (χ0n) is 20.1. The number of fused-ring (bicyclic) bond motifs is 1. The lowest BCUT2D eigenvalue weighted by Gasteiger charge is -2.13. The molecule has 186 valence electrons. The van der Waals surface area contributed by atoms with E-state index in [0.717, 1.165) is 16.7 Å². The summed E-state index contributed by atoms with van der Waals surface area (Å²) in [5, 5.41) is 4.93. The summed E-state index contributed by atoms with van der Waals surface area (Å²) in [6.45, 7) is 4.10. The molecule has 1 N–H and O–H groups in total. The van der Waals surface area contributed by atoms with E-state index < -0.39 is 15.9 Å². The number of benzene rings is 3. The van der Waals surface area contributed by atoms with Crippen LogP contribution in [-0.2, 0) is 16.6 Å². The zero-order valence-corrected chi connectivity index (χ0v) is 21.0. The maximum atomic E-state index is 13.3. The lowest BCUT2D eigenvalue weighted by atomic mass is 10.0. The van der Waals surface area contributed by atoms with E-state index in [1.54, 1.807) is 42.5 Å². The molecule has 0 unspecified atom stereocenters. The van der Waals surface area contributed by atoms with Crippen molar-refractivity contribution < 1.29 is 17.6 Å². The molecule has 2 aromatic heterocycles. The van der Waals surface area contributed by atoms with Gasteiger partial charge >= 0.3 is 0 Å². The minimum atomic E-state index is -4.13. The Labute approximate surface area is 213 Å². The monoisotopic (exact) mass is 513 g/mol. The molecular weight excluding hydrogens is 490 g/mol. The van der Waals surface area contributed by atoms with E-state index in [1.165, 1.54) is 29.1 Å². The SMILES string of the molecule is Cc1cccc(C)c1Cn1nc(-c2coc3ccccc3c2=O)cc1C(=O)NS(=O)(=O)c1ccccc1. The van der Waals surface area contributed by atoms with Crippen LogP contribution in [0.3, 0.4) is 0 Å². The van der Waals surface area contributed by atoms with Crippen LogP contribution in [0.2, 0.25) is 0 Å². The number of nitrogens with one attached hydrogen (secondary N) is 1. The first-order valence-corrected chi connectivity index (χ1v) is 13.0. The molecule has 8 nitrogen and oxygen atoms in total. The van der Waals surface area contributed by atoms with Gasteiger partial charge in [-0.3, -0.25) is 14.3 Å². The lowest BCUT2D eigenvalue weighted by Crippen LogP contribution is -2.32. The average molecular weight is 514 g/mol. The molecule has 0 atom stereocenters. The van der Waals surface area contributed by atoms with E-state index in [-0.39, 0.29) is 33.8 Å². The topological polar surface area (TPSA) is 111 Å². The molecule has 0 aliphatic rings. The molecular formula is C28H23N3O5S. The molecule has 9 heteroatoms. The predicted octanol–water partition coefficient (Wildman–Crippen LogP) is 4.44. The molecule has 3 aromatic carbocycles. The van der Waals surface area contributed by atoms with E-state index in [2.05, 4.69) is 9.82 Å². The number of rotatable bonds is 6. The van der Waals surface area contributed by atoms with Crippen molar-refractivity contribution in [3.8, 4) is 11.3 Å². The summed E-state index contributed by atoms with van der Waals surface area (Å²) in [7, 11) is -4.13. The number of amides is 1. The van der Waals surface area contributed by atoms with E-state index >= 15 is 0 Å². The van der Waals surface area contributed by atoms with Crippen LogP contribution in [0.4, 0.5) is 0 Å². The van der Waals surface area contributed by atoms with Crippen molar-refractivity contribution in [2.75, 3.05) is 0 Å². The fraction of sp³-hybridized carbons (Fsp3) is 0.107. The third kappa shape index (κ3) is 4.68. The van der Waals surface area contributed by atoms with Gasteiger partial charge in [0.1, 0.15) is 23.2 Å². The molecule has 5 aromatic rings. The number of sulfonamides is 1. The van der Waals surface area contributed by atoms with Gasteiger partial charge in [0.05, 0.1) is 22.4 Å². The van der Waals surface area contributed by atoms with E-state index in [4.69, 9.17) is 4.42 Å². The van der Waals surface area contributed by atoms with Gasteiger partial charge in [-0.1, -0.05) is 48.5 Å². The number of hydrogen-bond acceptors (Lipinski definition) is 6. The van der Waals surface area contributed by atoms with Gasteiger partial charge in [-0.2, -0.15) is 5.10 Å². The van der Waals surface area contributed by atoms with Gasteiger partial charge in [0, 0.05) is 0 Å². The normalized spacial score (nSPS) is 11.5. The van der Waals surface area contributed by atoms with E-state index in [0.29, 0.717) is 11.0 Å². The highest BCUT2D eigenvalue weighted by molar-refractivity contribution is 7.90. The van der Waals surface area contributed by atoms with Crippen molar-refractivity contribution in [2.45, 2.75) is 25.3 Å². The zero-order chi connectivity index (χ0) is 26.2. The standard InChI is InChI=1S/C28H23N3O5S/c1-18-9-8-10-19(2)22(18)16-31-25(28(33)30-37(34,35)20-11-4-3-5-12-20)15-24(29-31)23-17-36-26-14-7-6-13-21(26)27(23)32/h3-15,17H,16H2,1-2H3,(H,30,33). The summed E-state index contributed by atoms with van der Waals surface area (Å²) in [5.74, 6) is -0.862. The Bertz CT molecular complexity index is 1780. The fourth-order valence-electron chi connectivity index (χ4n) is 4.19. The highest BCUT2D eigenvalue weighted by Crippen LogP contribution is 2.23. The van der Waals surface area contributed by atoms with Crippen LogP contribution in [-0.4, -0.2) is 24.1 Å². The molecule has 1 amide bonds. The van der Waals surface area contributed by atoms with Gasteiger partial charge in [0.25, 0.3) is 15.9 Å². The first kappa shape index (κ1) is 24.2. The highest BCUT2D eigenvalue weighted by atomic mass is 32.2. The molecule has 0 fully saturated rings. The minimum absolute atomic E-state index is 0.00952. The lowest BCUT2D eigenvalue weighted by molar-refractivity contribution is 0.0971. The minimum Gasteiger partial charge on any atom is -0.463 e. The Morgan fingerprint density at radius 3 is 2.35 bits per heavy atom. The van der Waals surface area contributed by atoms with E-state index in [9.17, 15) is 18.0 Å². The number of hydrogen-bond donors (Lipinski definition) is 1. The van der Waals surface area contributed by atoms with Crippen molar-refractivity contribution in [2.24, 2.45) is 0 Å². The third-order valence-electron chi connectivity index (χ3n) is 6.20. The molecule has 0 saturated heterocycles. The molecule has 5 rings (SSSR count). The quantitative estimate of drug-likeness (QED) is 0.359. The van der Waals surface area contributed by atoms with E-state index in [1.807, 2.05) is 32.0 Å². The van der Waals surface area contributed by atoms with Gasteiger partial charge < -0.3 is 4.42 Å². The molecule has 2 heterocycles.